The van der Waals surface area contributed by atoms with Crippen LogP contribution in [0.2, 0.25) is 0 Å². The molecule has 86 valence electrons. The Balaban J connectivity index is 1.95. The molecule has 1 aliphatic rings. The maximum Gasteiger partial charge on any atom is 0.303 e. The monoisotopic (exact) mass is 219 g/mol. The molecule has 1 fully saturated rings. The van der Waals surface area contributed by atoms with Crippen LogP contribution in [0.5, 0.6) is 0 Å². The van der Waals surface area contributed by atoms with Gasteiger partial charge in [-0.25, -0.2) is 0 Å². The fourth-order valence-corrected chi connectivity index (χ4v) is 2.10. The Hall–Kier alpha value is -1.51. The van der Waals surface area contributed by atoms with Gasteiger partial charge in [0.05, 0.1) is 0 Å². The lowest BCUT2D eigenvalue weighted by atomic mass is 10.1. The Labute approximate surface area is 95.7 Å². The quantitative estimate of drug-likeness (QED) is 0.844. The summed E-state index contributed by atoms with van der Waals surface area (Å²) in [6.45, 7) is 2.29. The third-order valence-corrected chi connectivity index (χ3v) is 3.04. The molecule has 0 aliphatic carbocycles. The molecule has 0 bridgehead atoms. The molecule has 0 saturated carbocycles. The zero-order valence-electron chi connectivity index (χ0n) is 9.35. The van der Waals surface area contributed by atoms with Gasteiger partial charge in [-0.3, -0.25) is 4.79 Å². The van der Waals surface area contributed by atoms with E-state index in [0.29, 0.717) is 6.42 Å². The normalized spacial score (nSPS) is 15.4. The van der Waals surface area contributed by atoms with E-state index in [2.05, 4.69) is 17.0 Å². The van der Waals surface area contributed by atoms with Gasteiger partial charge in [0.15, 0.2) is 0 Å². The van der Waals surface area contributed by atoms with Crippen LogP contribution in [0.1, 0.15) is 24.8 Å². The van der Waals surface area contributed by atoms with Crippen molar-refractivity contribution in [2.45, 2.75) is 25.7 Å². The Morgan fingerprint density at radius 3 is 2.38 bits per heavy atom. The Morgan fingerprint density at radius 1 is 1.19 bits per heavy atom. The van der Waals surface area contributed by atoms with E-state index >= 15 is 0 Å². The summed E-state index contributed by atoms with van der Waals surface area (Å²) < 4.78 is 0. The maximum absolute atomic E-state index is 10.4. The van der Waals surface area contributed by atoms with E-state index in [1.165, 1.54) is 18.5 Å². The molecular formula is C13H17NO2. The number of carbonyl (C=O) groups is 1. The summed E-state index contributed by atoms with van der Waals surface area (Å²) in [6, 6.07) is 8.28. The molecule has 1 aromatic carbocycles. The minimum Gasteiger partial charge on any atom is -0.481 e. The van der Waals surface area contributed by atoms with Crippen molar-refractivity contribution in [3.05, 3.63) is 29.8 Å². The van der Waals surface area contributed by atoms with Crippen LogP contribution in [0.25, 0.3) is 0 Å². The van der Waals surface area contributed by atoms with Gasteiger partial charge in [-0.2, -0.15) is 0 Å². The van der Waals surface area contributed by atoms with Crippen LogP contribution in [0.3, 0.4) is 0 Å². The zero-order chi connectivity index (χ0) is 11.4. The number of rotatable bonds is 4. The van der Waals surface area contributed by atoms with Crippen LogP contribution in [-0.2, 0) is 11.2 Å². The molecule has 0 amide bonds. The second kappa shape index (κ2) is 5.01. The number of hydrogen-bond acceptors (Lipinski definition) is 2. The number of aliphatic carboxylic acids is 1. The Kier molecular flexibility index (Phi) is 3.44. The number of aryl methyl sites for hydroxylation is 1. The van der Waals surface area contributed by atoms with Gasteiger partial charge in [0, 0.05) is 25.2 Å². The summed E-state index contributed by atoms with van der Waals surface area (Å²) in [5.41, 5.74) is 2.36. The highest BCUT2D eigenvalue weighted by Crippen LogP contribution is 2.20. The fourth-order valence-electron chi connectivity index (χ4n) is 2.10. The Bertz CT molecular complexity index is 353. The first-order valence-electron chi connectivity index (χ1n) is 5.81. The first kappa shape index (κ1) is 11.0. The molecule has 0 aromatic heterocycles. The second-order valence-corrected chi connectivity index (χ2v) is 4.25. The molecule has 3 heteroatoms. The van der Waals surface area contributed by atoms with E-state index in [1.807, 2.05) is 12.1 Å². The predicted octanol–water partition coefficient (Wildman–Crippen LogP) is 2.30. The highest BCUT2D eigenvalue weighted by atomic mass is 16.4. The lowest BCUT2D eigenvalue weighted by Gasteiger charge is -2.17. The first-order chi connectivity index (χ1) is 7.75. The van der Waals surface area contributed by atoms with Gasteiger partial charge in [-0.1, -0.05) is 12.1 Å². The number of benzene rings is 1. The van der Waals surface area contributed by atoms with Crippen molar-refractivity contribution >= 4 is 11.7 Å². The third kappa shape index (κ3) is 2.75. The molecule has 16 heavy (non-hydrogen) atoms. The molecule has 1 N–H and O–H groups in total. The maximum atomic E-state index is 10.4. The number of carboxylic acid groups (broad SMARTS) is 1. The molecule has 0 atom stereocenters. The van der Waals surface area contributed by atoms with Crippen molar-refractivity contribution in [3.63, 3.8) is 0 Å². The lowest BCUT2D eigenvalue weighted by Crippen LogP contribution is -2.17. The molecule has 1 aromatic rings. The molecule has 2 rings (SSSR count). The van der Waals surface area contributed by atoms with Crippen LogP contribution in [0.15, 0.2) is 24.3 Å². The van der Waals surface area contributed by atoms with Gasteiger partial charge < -0.3 is 10.0 Å². The highest BCUT2D eigenvalue weighted by molar-refractivity contribution is 5.67. The van der Waals surface area contributed by atoms with Gasteiger partial charge in [0.2, 0.25) is 0 Å². The van der Waals surface area contributed by atoms with Crippen molar-refractivity contribution < 1.29 is 9.90 Å². The number of anilines is 1. The molecule has 3 nitrogen and oxygen atoms in total. The summed E-state index contributed by atoms with van der Waals surface area (Å²) in [5, 5.41) is 8.59. The SMILES string of the molecule is O=C(O)CCc1ccc(N2CCCC2)cc1. The zero-order valence-corrected chi connectivity index (χ0v) is 9.35. The largest absolute Gasteiger partial charge is 0.481 e. The average Bonchev–Trinajstić information content (AvgIpc) is 2.80. The predicted molar refractivity (Wildman–Crippen MR) is 63.8 cm³/mol. The third-order valence-electron chi connectivity index (χ3n) is 3.04. The molecule has 1 saturated heterocycles. The summed E-state index contributed by atoms with van der Waals surface area (Å²) in [7, 11) is 0. The number of hydrogen-bond donors (Lipinski definition) is 1. The van der Waals surface area contributed by atoms with Gasteiger partial charge in [0.1, 0.15) is 0 Å². The molecule has 1 heterocycles. The fraction of sp³-hybridized carbons (Fsp3) is 0.462. The standard InChI is InChI=1S/C13H17NO2/c15-13(16)8-5-11-3-6-12(7-4-11)14-9-1-2-10-14/h3-4,6-7H,1-2,5,8-10H2,(H,15,16). The van der Waals surface area contributed by atoms with Crippen molar-refractivity contribution in [1.82, 2.24) is 0 Å². The summed E-state index contributed by atoms with van der Waals surface area (Å²) >= 11 is 0. The van der Waals surface area contributed by atoms with Crippen LogP contribution in [0.4, 0.5) is 5.69 Å². The van der Waals surface area contributed by atoms with Crippen molar-refractivity contribution in [3.8, 4) is 0 Å². The van der Waals surface area contributed by atoms with E-state index in [9.17, 15) is 4.79 Å². The van der Waals surface area contributed by atoms with Crippen LogP contribution >= 0.6 is 0 Å². The highest BCUT2D eigenvalue weighted by Gasteiger charge is 2.11. The van der Waals surface area contributed by atoms with E-state index in [4.69, 9.17) is 5.11 Å². The molecular weight excluding hydrogens is 202 g/mol. The van der Waals surface area contributed by atoms with E-state index in [0.717, 1.165) is 18.7 Å². The Morgan fingerprint density at radius 2 is 1.81 bits per heavy atom. The second-order valence-electron chi connectivity index (χ2n) is 4.25. The van der Waals surface area contributed by atoms with Gasteiger partial charge >= 0.3 is 5.97 Å². The minimum absolute atomic E-state index is 0.211. The van der Waals surface area contributed by atoms with Gasteiger partial charge in [-0.05, 0) is 37.0 Å². The van der Waals surface area contributed by atoms with E-state index in [-0.39, 0.29) is 6.42 Å². The lowest BCUT2D eigenvalue weighted by molar-refractivity contribution is -0.136. The summed E-state index contributed by atoms with van der Waals surface area (Å²) in [4.78, 5) is 12.8. The van der Waals surface area contributed by atoms with Crippen molar-refractivity contribution in [1.29, 1.82) is 0 Å². The number of nitrogens with zero attached hydrogens (tertiary/aromatic N) is 1. The minimum atomic E-state index is -0.733. The van der Waals surface area contributed by atoms with E-state index < -0.39 is 5.97 Å². The van der Waals surface area contributed by atoms with Crippen molar-refractivity contribution in [2.75, 3.05) is 18.0 Å². The van der Waals surface area contributed by atoms with Gasteiger partial charge in [0.25, 0.3) is 0 Å². The number of carboxylic acids is 1. The smallest absolute Gasteiger partial charge is 0.303 e. The van der Waals surface area contributed by atoms with E-state index in [1.54, 1.807) is 0 Å². The summed E-state index contributed by atoms with van der Waals surface area (Å²) in [6.07, 6.45) is 3.39. The van der Waals surface area contributed by atoms with Crippen LogP contribution < -0.4 is 4.90 Å². The molecule has 0 spiro atoms. The molecule has 0 unspecified atom stereocenters. The van der Waals surface area contributed by atoms with Crippen LogP contribution in [-0.4, -0.2) is 24.2 Å². The molecule has 0 radical (unpaired) electrons. The summed E-state index contributed by atoms with van der Waals surface area (Å²) in [5.74, 6) is -0.733. The topological polar surface area (TPSA) is 40.5 Å². The van der Waals surface area contributed by atoms with Crippen LogP contribution in [0, 0.1) is 0 Å². The van der Waals surface area contributed by atoms with Gasteiger partial charge in [-0.15, -0.1) is 0 Å². The molecule has 1 aliphatic heterocycles. The average molecular weight is 219 g/mol. The first-order valence-corrected chi connectivity index (χ1v) is 5.81. The van der Waals surface area contributed by atoms with Crippen molar-refractivity contribution in [2.24, 2.45) is 0 Å².